The fourth-order valence-corrected chi connectivity index (χ4v) is 1.01. The molecule has 1 rings (SSSR count). The Kier molecular flexibility index (Phi) is 6.77. The smallest absolute Gasteiger partial charge is 0.166 e. The van der Waals surface area contributed by atoms with Crippen LogP contribution in [0.1, 0.15) is 5.56 Å². The summed E-state index contributed by atoms with van der Waals surface area (Å²) in [5.41, 5.74) is 3.99. The Hall–Kier alpha value is -0.940. The number of nitrogens with one attached hydrogen (secondary N) is 1. The first kappa shape index (κ1) is 12.1. The molecule has 1 aromatic rings. The zero-order valence-electron chi connectivity index (χ0n) is 8.94. The van der Waals surface area contributed by atoms with Crippen LogP contribution in [0.5, 0.6) is 0 Å². The highest BCUT2D eigenvalue weighted by Crippen LogP contribution is 1.96. The summed E-state index contributed by atoms with van der Waals surface area (Å²) in [7, 11) is 1.64. The van der Waals surface area contributed by atoms with E-state index in [-0.39, 0.29) is 6.79 Å². The second-order valence-corrected chi connectivity index (χ2v) is 2.97. The number of ether oxygens (including phenoxy) is 2. The number of hydrogen-bond donors (Lipinski definition) is 1. The van der Waals surface area contributed by atoms with E-state index in [4.69, 9.17) is 14.3 Å². The van der Waals surface area contributed by atoms with Gasteiger partial charge in [0.2, 0.25) is 0 Å². The second-order valence-electron chi connectivity index (χ2n) is 2.97. The van der Waals surface area contributed by atoms with Crippen LogP contribution in [-0.4, -0.2) is 27.1 Å². The molecule has 0 spiro atoms. The second kappa shape index (κ2) is 8.38. The third-order valence-electron chi connectivity index (χ3n) is 1.80. The fraction of sp³-hybridized carbons (Fsp3) is 0.455. The maximum Gasteiger partial charge on any atom is 0.166 e. The summed E-state index contributed by atoms with van der Waals surface area (Å²) < 4.78 is 9.92. The topological polar surface area (TPSA) is 39.7 Å². The van der Waals surface area contributed by atoms with Crippen LogP contribution in [0.15, 0.2) is 30.3 Å². The molecule has 0 aliphatic carbocycles. The Morgan fingerprint density at radius 2 is 1.93 bits per heavy atom. The molecule has 4 nitrogen and oxygen atoms in total. The zero-order valence-corrected chi connectivity index (χ0v) is 8.94. The minimum atomic E-state index is 0.232. The van der Waals surface area contributed by atoms with Gasteiger partial charge in [0.1, 0.15) is 0 Å². The van der Waals surface area contributed by atoms with E-state index < -0.39 is 0 Å². The van der Waals surface area contributed by atoms with Crippen LogP contribution >= 0.6 is 0 Å². The van der Waals surface area contributed by atoms with Crippen molar-refractivity contribution in [3.8, 4) is 0 Å². The van der Waals surface area contributed by atoms with Gasteiger partial charge in [-0.25, -0.2) is 0 Å². The average Bonchev–Trinajstić information content (AvgIpc) is 2.29. The molecule has 0 saturated carbocycles. The van der Waals surface area contributed by atoms with Gasteiger partial charge >= 0.3 is 0 Å². The van der Waals surface area contributed by atoms with Crippen LogP contribution in [0.25, 0.3) is 0 Å². The summed E-state index contributed by atoms with van der Waals surface area (Å²) in [4.78, 5) is 5.06. The van der Waals surface area contributed by atoms with Crippen LogP contribution < -0.4 is 5.48 Å². The zero-order chi connectivity index (χ0) is 10.8. The highest BCUT2D eigenvalue weighted by molar-refractivity contribution is 5.13. The van der Waals surface area contributed by atoms with Crippen molar-refractivity contribution < 1.29 is 14.3 Å². The van der Waals surface area contributed by atoms with Gasteiger partial charge in [0.15, 0.2) is 6.79 Å². The predicted octanol–water partition coefficient (Wildman–Crippen LogP) is 1.33. The van der Waals surface area contributed by atoms with Crippen molar-refractivity contribution >= 4 is 0 Å². The van der Waals surface area contributed by atoms with E-state index in [2.05, 4.69) is 5.48 Å². The Labute approximate surface area is 90.1 Å². The number of hydrogen-bond acceptors (Lipinski definition) is 4. The Bertz CT molecular complexity index is 241. The minimum absolute atomic E-state index is 0.232. The van der Waals surface area contributed by atoms with Crippen molar-refractivity contribution in [2.75, 3.05) is 27.1 Å². The fourth-order valence-electron chi connectivity index (χ4n) is 1.01. The molecule has 0 aromatic heterocycles. The molecule has 0 radical (unpaired) electrons. The number of benzene rings is 1. The summed E-state index contributed by atoms with van der Waals surface area (Å²) in [5.74, 6) is 0. The van der Waals surface area contributed by atoms with E-state index in [9.17, 15) is 0 Å². The molecular formula is C11H17NO3. The van der Waals surface area contributed by atoms with Gasteiger partial charge in [-0.15, -0.1) is 0 Å². The van der Waals surface area contributed by atoms with Crippen molar-refractivity contribution in [1.82, 2.24) is 5.48 Å². The molecule has 0 heterocycles. The quantitative estimate of drug-likeness (QED) is 0.400. The Morgan fingerprint density at radius 1 is 1.13 bits per heavy atom. The third-order valence-corrected chi connectivity index (χ3v) is 1.80. The number of hydroxylamine groups is 1. The lowest BCUT2D eigenvalue weighted by molar-refractivity contribution is -0.108. The maximum atomic E-state index is 5.10. The van der Waals surface area contributed by atoms with Gasteiger partial charge < -0.3 is 9.47 Å². The van der Waals surface area contributed by atoms with Crippen molar-refractivity contribution in [2.45, 2.75) is 6.54 Å². The Balaban J connectivity index is 1.93. The molecule has 0 aliphatic rings. The SMILES string of the molecule is COCCOCONCc1ccccc1. The van der Waals surface area contributed by atoms with E-state index >= 15 is 0 Å². The number of rotatable bonds is 8. The van der Waals surface area contributed by atoms with Gasteiger partial charge in [0.25, 0.3) is 0 Å². The van der Waals surface area contributed by atoms with E-state index in [0.29, 0.717) is 19.8 Å². The molecule has 84 valence electrons. The summed E-state index contributed by atoms with van der Waals surface area (Å²) in [6.07, 6.45) is 0. The summed E-state index contributed by atoms with van der Waals surface area (Å²) in [5, 5.41) is 0. The van der Waals surface area contributed by atoms with Crippen molar-refractivity contribution in [3.05, 3.63) is 35.9 Å². The molecule has 0 bridgehead atoms. The maximum absolute atomic E-state index is 5.10. The molecule has 1 aromatic carbocycles. The highest BCUT2D eigenvalue weighted by Gasteiger charge is 1.90. The van der Waals surface area contributed by atoms with Crippen LogP contribution in [0, 0.1) is 0 Å². The average molecular weight is 211 g/mol. The van der Waals surface area contributed by atoms with Gasteiger partial charge in [0.05, 0.1) is 13.2 Å². The summed E-state index contributed by atoms with van der Waals surface area (Å²) >= 11 is 0. The molecule has 0 aliphatic heterocycles. The number of methoxy groups -OCH3 is 1. The molecular weight excluding hydrogens is 194 g/mol. The summed E-state index contributed by atoms with van der Waals surface area (Å²) in [6, 6.07) is 10.0. The molecule has 0 atom stereocenters. The van der Waals surface area contributed by atoms with Gasteiger partial charge in [-0.1, -0.05) is 30.3 Å². The molecule has 0 amide bonds. The van der Waals surface area contributed by atoms with Crippen LogP contribution in [0.3, 0.4) is 0 Å². The van der Waals surface area contributed by atoms with E-state index in [1.54, 1.807) is 7.11 Å². The van der Waals surface area contributed by atoms with Gasteiger partial charge in [-0.05, 0) is 5.56 Å². The first-order valence-corrected chi connectivity index (χ1v) is 4.88. The van der Waals surface area contributed by atoms with E-state index in [0.717, 1.165) is 0 Å². The third kappa shape index (κ3) is 6.19. The molecule has 4 heteroatoms. The van der Waals surface area contributed by atoms with Crippen molar-refractivity contribution in [3.63, 3.8) is 0 Å². The lowest BCUT2D eigenvalue weighted by atomic mass is 10.2. The van der Waals surface area contributed by atoms with E-state index in [1.807, 2.05) is 30.3 Å². The van der Waals surface area contributed by atoms with Gasteiger partial charge in [-0.2, -0.15) is 5.48 Å². The normalized spacial score (nSPS) is 10.5. The molecule has 15 heavy (non-hydrogen) atoms. The molecule has 1 N–H and O–H groups in total. The standard InChI is InChI=1S/C11H17NO3/c1-13-7-8-14-10-15-12-9-11-5-3-2-4-6-11/h2-6,12H,7-10H2,1H3. The largest absolute Gasteiger partial charge is 0.382 e. The van der Waals surface area contributed by atoms with E-state index in [1.165, 1.54) is 5.56 Å². The first-order chi connectivity index (χ1) is 7.43. The van der Waals surface area contributed by atoms with Gasteiger partial charge in [0, 0.05) is 13.7 Å². The monoisotopic (exact) mass is 211 g/mol. The first-order valence-electron chi connectivity index (χ1n) is 4.88. The van der Waals surface area contributed by atoms with Crippen LogP contribution in [0.4, 0.5) is 0 Å². The highest BCUT2D eigenvalue weighted by atomic mass is 16.8. The molecule has 0 saturated heterocycles. The Morgan fingerprint density at radius 3 is 2.67 bits per heavy atom. The molecule has 0 unspecified atom stereocenters. The minimum Gasteiger partial charge on any atom is -0.382 e. The van der Waals surface area contributed by atoms with Crippen LogP contribution in [0.2, 0.25) is 0 Å². The van der Waals surface area contributed by atoms with Crippen LogP contribution in [-0.2, 0) is 20.9 Å². The summed E-state index contributed by atoms with van der Waals surface area (Å²) in [6.45, 7) is 2.04. The van der Waals surface area contributed by atoms with Crippen molar-refractivity contribution in [2.24, 2.45) is 0 Å². The van der Waals surface area contributed by atoms with Crippen molar-refractivity contribution in [1.29, 1.82) is 0 Å². The predicted molar refractivity (Wildman–Crippen MR) is 57.1 cm³/mol. The molecule has 0 fully saturated rings. The lowest BCUT2D eigenvalue weighted by Gasteiger charge is -2.06. The lowest BCUT2D eigenvalue weighted by Crippen LogP contribution is -2.17. The van der Waals surface area contributed by atoms with Gasteiger partial charge in [-0.3, -0.25) is 4.84 Å².